The van der Waals surface area contributed by atoms with Crippen molar-refractivity contribution in [1.82, 2.24) is 0 Å². The summed E-state index contributed by atoms with van der Waals surface area (Å²) in [5.74, 6) is -0.249. The number of aliphatic hydroxyl groups excluding tert-OH is 3. The average Bonchev–Trinajstić information content (AvgIpc) is 3.00. The van der Waals surface area contributed by atoms with E-state index >= 15 is 0 Å². The molecule has 1 aromatic carbocycles. The molecule has 0 aliphatic heterocycles. The highest BCUT2D eigenvalue weighted by Gasteiger charge is 2.39. The van der Waals surface area contributed by atoms with Crippen molar-refractivity contribution in [1.29, 1.82) is 0 Å². The molecule has 0 unspecified atom stereocenters. The SMILES string of the molecule is CC(C)OC(=O)CCCCCC[C@@H]1[C@@H](/C=C/[C@H](O)CCc2ccccc2)[C@H](O)C[C@@H]1O. The molecule has 1 aliphatic carbocycles. The molecule has 0 bridgehead atoms. The van der Waals surface area contributed by atoms with Crippen LogP contribution in [-0.2, 0) is 16.0 Å². The number of carbonyl (C=O) groups excluding carboxylic acids is 1. The average molecular weight is 433 g/mol. The topological polar surface area (TPSA) is 87.0 Å². The van der Waals surface area contributed by atoms with Crippen molar-refractivity contribution >= 4 is 5.97 Å². The molecule has 2 rings (SSSR count). The summed E-state index contributed by atoms with van der Waals surface area (Å²) in [6, 6.07) is 10.1. The molecule has 5 atom stereocenters. The minimum atomic E-state index is -0.566. The fourth-order valence-corrected chi connectivity index (χ4v) is 4.41. The Hall–Kier alpha value is -1.69. The Morgan fingerprint density at radius 1 is 1.10 bits per heavy atom. The lowest BCUT2D eigenvalue weighted by Crippen LogP contribution is -2.21. The fourth-order valence-electron chi connectivity index (χ4n) is 4.41. The van der Waals surface area contributed by atoms with E-state index in [2.05, 4.69) is 12.1 Å². The van der Waals surface area contributed by atoms with Gasteiger partial charge in [0.15, 0.2) is 0 Å². The summed E-state index contributed by atoms with van der Waals surface area (Å²) in [4.78, 5) is 11.6. The number of unbranched alkanes of at least 4 members (excludes halogenated alkanes) is 3. The second-order valence-electron chi connectivity index (χ2n) is 9.08. The van der Waals surface area contributed by atoms with Crippen LogP contribution in [0.1, 0.15) is 70.8 Å². The smallest absolute Gasteiger partial charge is 0.306 e. The molecule has 0 radical (unpaired) electrons. The maximum absolute atomic E-state index is 11.6. The zero-order chi connectivity index (χ0) is 22.6. The summed E-state index contributed by atoms with van der Waals surface area (Å²) in [6.07, 6.45) is 8.82. The van der Waals surface area contributed by atoms with Crippen molar-refractivity contribution in [2.75, 3.05) is 0 Å². The first kappa shape index (κ1) is 25.6. The molecule has 174 valence electrons. The summed E-state index contributed by atoms with van der Waals surface area (Å²) in [5, 5.41) is 31.1. The zero-order valence-corrected chi connectivity index (χ0v) is 19.0. The normalized spacial score (nSPS) is 24.7. The molecule has 0 amide bonds. The number of benzene rings is 1. The number of aryl methyl sites for hydroxylation is 1. The zero-order valence-electron chi connectivity index (χ0n) is 19.0. The lowest BCUT2D eigenvalue weighted by atomic mass is 9.87. The van der Waals surface area contributed by atoms with E-state index in [1.165, 1.54) is 5.56 Å². The van der Waals surface area contributed by atoms with Gasteiger partial charge >= 0.3 is 5.97 Å². The first-order valence-electron chi connectivity index (χ1n) is 11.8. The first-order chi connectivity index (χ1) is 14.9. The van der Waals surface area contributed by atoms with Gasteiger partial charge in [-0.15, -0.1) is 0 Å². The van der Waals surface area contributed by atoms with Crippen LogP contribution >= 0.6 is 0 Å². The Bertz CT molecular complexity index is 657. The molecule has 1 aliphatic rings. The standard InChI is InChI=1S/C26H40O5/c1-19(2)31-26(30)13-9-4-3-8-12-22-23(25(29)18-24(22)28)17-16-21(27)15-14-20-10-6-5-7-11-20/h5-7,10-11,16-17,19,21-25,27-29H,3-4,8-9,12-15,18H2,1-2H3/b17-16+/t21-,22-,23-,24+,25-/m1/s1. The van der Waals surface area contributed by atoms with Gasteiger partial charge in [0, 0.05) is 18.8 Å². The van der Waals surface area contributed by atoms with Crippen LogP contribution in [0, 0.1) is 11.8 Å². The Kier molecular flexibility index (Phi) is 11.3. The van der Waals surface area contributed by atoms with Gasteiger partial charge < -0.3 is 20.1 Å². The van der Waals surface area contributed by atoms with E-state index in [0.717, 1.165) is 38.5 Å². The van der Waals surface area contributed by atoms with E-state index in [1.807, 2.05) is 38.1 Å². The molecule has 1 fully saturated rings. The Morgan fingerprint density at radius 3 is 2.52 bits per heavy atom. The van der Waals surface area contributed by atoms with Gasteiger partial charge in [-0.3, -0.25) is 4.79 Å². The lowest BCUT2D eigenvalue weighted by molar-refractivity contribution is -0.147. The predicted octanol–water partition coefficient (Wildman–Crippen LogP) is 4.19. The second-order valence-corrected chi connectivity index (χ2v) is 9.08. The minimum Gasteiger partial charge on any atom is -0.463 e. The van der Waals surface area contributed by atoms with Crippen molar-refractivity contribution in [2.24, 2.45) is 11.8 Å². The molecule has 0 heterocycles. The van der Waals surface area contributed by atoms with E-state index in [9.17, 15) is 20.1 Å². The van der Waals surface area contributed by atoms with Crippen LogP contribution in [0.25, 0.3) is 0 Å². The molecule has 1 saturated carbocycles. The molecule has 0 aromatic heterocycles. The molecule has 5 heteroatoms. The highest BCUT2D eigenvalue weighted by molar-refractivity contribution is 5.69. The molecular weight excluding hydrogens is 392 g/mol. The second kappa shape index (κ2) is 13.7. The van der Waals surface area contributed by atoms with Crippen molar-refractivity contribution in [3.05, 3.63) is 48.0 Å². The Morgan fingerprint density at radius 2 is 1.81 bits per heavy atom. The van der Waals surface area contributed by atoms with Gasteiger partial charge in [-0.05, 0) is 51.0 Å². The van der Waals surface area contributed by atoms with Crippen LogP contribution in [0.2, 0.25) is 0 Å². The summed E-state index contributed by atoms with van der Waals surface area (Å²) in [5.41, 5.74) is 1.20. The summed E-state index contributed by atoms with van der Waals surface area (Å²) >= 11 is 0. The van der Waals surface area contributed by atoms with Crippen LogP contribution in [0.5, 0.6) is 0 Å². The van der Waals surface area contributed by atoms with Crippen LogP contribution < -0.4 is 0 Å². The Labute approximate surface area is 187 Å². The van der Waals surface area contributed by atoms with Crippen molar-refractivity contribution < 1.29 is 24.9 Å². The first-order valence-corrected chi connectivity index (χ1v) is 11.8. The quantitative estimate of drug-likeness (QED) is 0.247. The third-order valence-corrected chi connectivity index (χ3v) is 6.08. The van der Waals surface area contributed by atoms with E-state index < -0.39 is 18.3 Å². The summed E-state index contributed by atoms with van der Waals surface area (Å²) in [6.45, 7) is 3.71. The molecular formula is C26H40O5. The van der Waals surface area contributed by atoms with E-state index in [1.54, 1.807) is 6.08 Å². The van der Waals surface area contributed by atoms with Crippen molar-refractivity contribution in [3.63, 3.8) is 0 Å². The number of hydrogen-bond acceptors (Lipinski definition) is 5. The van der Waals surface area contributed by atoms with E-state index in [4.69, 9.17) is 4.74 Å². The maximum Gasteiger partial charge on any atom is 0.306 e. The van der Waals surface area contributed by atoms with Gasteiger partial charge in [0.1, 0.15) is 0 Å². The highest BCUT2D eigenvalue weighted by Crippen LogP contribution is 2.37. The molecule has 3 N–H and O–H groups in total. The van der Waals surface area contributed by atoms with Crippen LogP contribution in [0.15, 0.2) is 42.5 Å². The van der Waals surface area contributed by atoms with Gasteiger partial charge in [-0.25, -0.2) is 0 Å². The number of hydrogen-bond donors (Lipinski definition) is 3. The van der Waals surface area contributed by atoms with Gasteiger partial charge in [-0.1, -0.05) is 61.7 Å². The lowest BCUT2D eigenvalue weighted by Gasteiger charge is -2.21. The number of esters is 1. The third-order valence-electron chi connectivity index (χ3n) is 6.08. The molecule has 0 spiro atoms. The Balaban J connectivity index is 1.71. The van der Waals surface area contributed by atoms with Crippen LogP contribution in [0.3, 0.4) is 0 Å². The van der Waals surface area contributed by atoms with Crippen LogP contribution in [0.4, 0.5) is 0 Å². The maximum atomic E-state index is 11.6. The van der Waals surface area contributed by atoms with Gasteiger partial charge in [0.25, 0.3) is 0 Å². The number of rotatable bonds is 13. The largest absolute Gasteiger partial charge is 0.463 e. The van der Waals surface area contributed by atoms with Crippen molar-refractivity contribution in [3.8, 4) is 0 Å². The number of ether oxygens (including phenoxy) is 1. The third kappa shape index (κ3) is 9.55. The van der Waals surface area contributed by atoms with Crippen molar-refractivity contribution in [2.45, 2.75) is 96.1 Å². The van der Waals surface area contributed by atoms with Gasteiger partial charge in [0.05, 0.1) is 24.4 Å². The summed E-state index contributed by atoms with van der Waals surface area (Å²) < 4.78 is 5.14. The molecule has 31 heavy (non-hydrogen) atoms. The molecule has 5 nitrogen and oxygen atoms in total. The number of aliphatic hydroxyl groups is 3. The highest BCUT2D eigenvalue weighted by atomic mass is 16.5. The monoisotopic (exact) mass is 432 g/mol. The minimum absolute atomic E-state index is 0.0125. The van der Waals surface area contributed by atoms with Crippen LogP contribution in [-0.4, -0.2) is 45.7 Å². The van der Waals surface area contributed by atoms with Gasteiger partial charge in [0.2, 0.25) is 0 Å². The number of carbonyl (C=O) groups is 1. The molecule has 1 aromatic rings. The van der Waals surface area contributed by atoms with E-state index in [-0.39, 0.29) is 23.9 Å². The van der Waals surface area contributed by atoms with E-state index in [0.29, 0.717) is 19.3 Å². The predicted molar refractivity (Wildman–Crippen MR) is 122 cm³/mol. The van der Waals surface area contributed by atoms with Gasteiger partial charge in [-0.2, -0.15) is 0 Å². The summed E-state index contributed by atoms with van der Waals surface area (Å²) in [7, 11) is 0. The fraction of sp³-hybridized carbons (Fsp3) is 0.654. The molecule has 0 saturated heterocycles.